The zero-order valence-corrected chi connectivity index (χ0v) is 55.3. The van der Waals surface area contributed by atoms with Crippen LogP contribution in [0.2, 0.25) is 0 Å². The van der Waals surface area contributed by atoms with Crippen molar-refractivity contribution in [3.63, 3.8) is 0 Å². The minimum atomic E-state index is -6.79. The highest BCUT2D eigenvalue weighted by atomic mass is 31.2. The van der Waals surface area contributed by atoms with Crippen molar-refractivity contribution in [1.29, 1.82) is 5.26 Å². The average molecular weight is 1350 g/mol. The van der Waals surface area contributed by atoms with Crippen LogP contribution in [-0.4, -0.2) is 148 Å². The third kappa shape index (κ3) is 15.0. The number of ether oxygens (including phenoxy) is 7. The molecule has 516 valence electrons. The van der Waals surface area contributed by atoms with Gasteiger partial charge >= 0.3 is 30.2 Å². The summed E-state index contributed by atoms with van der Waals surface area (Å²) in [5, 5.41) is 9.56. The van der Waals surface area contributed by atoms with Crippen LogP contribution < -0.4 is 14.2 Å². The maximum Gasteiger partial charge on any atom is 0.435 e. The molecule has 3 amide bonds. The van der Waals surface area contributed by atoms with E-state index in [1.807, 2.05) is 84.9 Å². The van der Waals surface area contributed by atoms with Crippen LogP contribution in [-0.2, 0) is 44.8 Å². The SMILES string of the molecule is COc1ccc(C(OCC2O[C@@H](N3CC(C)C(=O)N(CCCCOc4ccc5c(c4)CCC4C5CCC5(C)C(OCCCOC(C(F)(F)F)(C(F)(F)F)C(F)(F)F)CCC45)C3=O)C[C@H]2OP(OCCC#N)N(C(C)C)C(C)C)(c2ccccc2)c2ccc(OC)cc2)cc1. The number of hydrogen-bond donors (Lipinski definition) is 0. The standard InChI is InChI=1S/C69H86F9N4O11P/c1-44(2)82(45(3)4)94(91-39-14-34-79)93-58-41-61(92-59(58)43-90-65(48-16-10-9-11-17-48,49-19-23-51(85-7)24-20-49)50-21-25-52(86-8)26-22-50)81-42-46(5)62(83)80(63(81)84)35-12-13-36-87-53-27-29-54-47(40-53)18-28-56-55(54)32-33-64(6)57(56)30-31-60(64)88-37-15-38-89-66(67(70,71)72,68(73,74)75)69(76,77)78/h9-11,16-17,19-27,29,40,44-46,55-61H,12-15,18,28,30-33,35-39,41-43H2,1-8H3/t46?,55?,56?,57?,58-,59?,60?,61-,64?,94?/m1/s1. The number of imide groups is 1. The van der Waals surface area contributed by atoms with Crippen molar-refractivity contribution in [3.8, 4) is 23.3 Å². The molecule has 0 spiro atoms. The van der Waals surface area contributed by atoms with Crippen molar-refractivity contribution in [2.75, 3.05) is 60.3 Å². The zero-order valence-electron chi connectivity index (χ0n) is 54.4. The number of halogens is 9. The fourth-order valence-electron chi connectivity index (χ4n) is 14.9. The van der Waals surface area contributed by atoms with Gasteiger partial charge in [-0.05, 0) is 173 Å². The topological polar surface area (TPSA) is 151 Å². The largest absolute Gasteiger partial charge is 0.497 e. The Morgan fingerprint density at radius 3 is 1.95 bits per heavy atom. The van der Waals surface area contributed by atoms with E-state index in [0.717, 1.165) is 48.8 Å². The third-order valence-corrected chi connectivity index (χ3v) is 21.6. The number of urea groups is 1. The maximum absolute atomic E-state index is 14.8. The van der Waals surface area contributed by atoms with Gasteiger partial charge in [-0.25, -0.2) is 9.46 Å². The molecule has 15 nitrogen and oxygen atoms in total. The molecule has 0 radical (unpaired) electrons. The molecule has 25 heteroatoms. The van der Waals surface area contributed by atoms with Gasteiger partial charge in [0.2, 0.25) is 5.91 Å². The van der Waals surface area contributed by atoms with E-state index >= 15 is 0 Å². The molecule has 2 saturated carbocycles. The summed E-state index contributed by atoms with van der Waals surface area (Å²) in [5.74, 6) is 1.88. The molecule has 0 N–H and O–H groups in total. The molecule has 2 saturated heterocycles. The second-order valence-corrected chi connectivity index (χ2v) is 27.3. The number of nitriles is 1. The van der Waals surface area contributed by atoms with Gasteiger partial charge in [0.1, 0.15) is 35.2 Å². The van der Waals surface area contributed by atoms with E-state index < -0.39 is 81.7 Å². The van der Waals surface area contributed by atoms with E-state index in [4.69, 9.17) is 37.5 Å². The molecular formula is C69H86F9N4O11P. The first-order chi connectivity index (χ1) is 44.6. The molecule has 2 heterocycles. The molecule has 0 bridgehead atoms. The molecule has 5 aliphatic rings. The molecule has 0 aromatic heterocycles. The normalized spacial score (nSPS) is 24.8. The Morgan fingerprint density at radius 2 is 1.35 bits per heavy atom. The van der Waals surface area contributed by atoms with Gasteiger partial charge in [0.15, 0.2) is 0 Å². The van der Waals surface area contributed by atoms with Gasteiger partial charge in [-0.1, -0.05) is 74.5 Å². The molecule has 9 rings (SSSR count). The number of fused-ring (bicyclic) bond motifs is 5. The fraction of sp³-hybridized carbons (Fsp3) is 0.609. The number of alkyl halides is 9. The van der Waals surface area contributed by atoms with E-state index in [0.29, 0.717) is 43.1 Å². The number of rotatable bonds is 29. The average Bonchev–Trinajstić information content (AvgIpc) is 1.17. The number of aryl methyl sites for hydroxylation is 1. The first-order valence-electron chi connectivity index (χ1n) is 32.4. The molecule has 10 atom stereocenters. The van der Waals surface area contributed by atoms with Crippen LogP contribution in [0.3, 0.4) is 0 Å². The molecule has 2 aliphatic heterocycles. The van der Waals surface area contributed by atoms with E-state index in [-0.39, 0.29) is 93.0 Å². The number of benzene rings is 4. The maximum atomic E-state index is 14.8. The van der Waals surface area contributed by atoms with Crippen LogP contribution in [0.15, 0.2) is 97.1 Å². The Bertz CT molecular complexity index is 3100. The summed E-state index contributed by atoms with van der Waals surface area (Å²) in [5.41, 5.74) is -3.06. The van der Waals surface area contributed by atoms with E-state index in [2.05, 4.69) is 62.2 Å². The van der Waals surface area contributed by atoms with E-state index in [1.165, 1.54) is 16.0 Å². The second-order valence-electron chi connectivity index (χ2n) is 25.9. The summed E-state index contributed by atoms with van der Waals surface area (Å²) in [6, 6.07) is 33.0. The lowest BCUT2D eigenvalue weighted by Gasteiger charge is -2.50. The number of hydrogen-bond acceptors (Lipinski definition) is 13. The quantitative estimate of drug-likeness (QED) is 0.0220. The Labute approximate surface area is 545 Å². The van der Waals surface area contributed by atoms with Gasteiger partial charge in [0, 0.05) is 38.2 Å². The number of nitrogens with zero attached hydrogens (tertiary/aromatic N) is 4. The minimum Gasteiger partial charge on any atom is -0.497 e. The van der Waals surface area contributed by atoms with Gasteiger partial charge in [0.25, 0.3) is 8.53 Å². The van der Waals surface area contributed by atoms with Crippen LogP contribution in [0.4, 0.5) is 44.3 Å². The molecule has 3 aliphatic carbocycles. The van der Waals surface area contributed by atoms with Crippen molar-refractivity contribution < 1.29 is 91.3 Å². The lowest BCUT2D eigenvalue weighted by Crippen LogP contribution is -2.67. The van der Waals surface area contributed by atoms with Crippen molar-refractivity contribution in [1.82, 2.24) is 14.5 Å². The fourth-order valence-corrected chi connectivity index (χ4v) is 16.7. The highest BCUT2D eigenvalue weighted by Crippen LogP contribution is 2.62. The Balaban J connectivity index is 0.842. The first-order valence-corrected chi connectivity index (χ1v) is 33.5. The Morgan fingerprint density at radius 1 is 0.734 bits per heavy atom. The van der Waals surface area contributed by atoms with Crippen LogP contribution in [0.25, 0.3) is 0 Å². The predicted octanol–water partition coefficient (Wildman–Crippen LogP) is 15.6. The number of carbonyl (C=O) groups is 2. The van der Waals surface area contributed by atoms with Crippen molar-refractivity contribution >= 4 is 20.5 Å². The van der Waals surface area contributed by atoms with Crippen molar-refractivity contribution in [2.24, 2.45) is 23.2 Å². The zero-order chi connectivity index (χ0) is 68.0. The van der Waals surface area contributed by atoms with E-state index in [9.17, 15) is 54.4 Å². The number of unbranched alkanes of at least 4 members (excludes halogenated alkanes) is 1. The minimum absolute atomic E-state index is 0.0115. The number of methoxy groups -OCH3 is 2. The Kier molecular flexibility index (Phi) is 23.4. The van der Waals surface area contributed by atoms with Gasteiger partial charge < -0.3 is 42.2 Å². The summed E-state index contributed by atoms with van der Waals surface area (Å²) in [6.45, 7) is 10.9. The van der Waals surface area contributed by atoms with Crippen molar-refractivity contribution in [2.45, 2.75) is 184 Å². The third-order valence-electron chi connectivity index (χ3n) is 19.5. The Hall–Kier alpha value is -5.77. The lowest BCUT2D eigenvalue weighted by atomic mass is 9.55. The summed E-state index contributed by atoms with van der Waals surface area (Å²) >= 11 is 0. The highest BCUT2D eigenvalue weighted by Gasteiger charge is 2.85. The molecule has 8 unspecified atom stereocenters. The summed E-state index contributed by atoms with van der Waals surface area (Å²) < 4.78 is 178. The monoisotopic (exact) mass is 1350 g/mol. The lowest BCUT2D eigenvalue weighted by molar-refractivity contribution is -0.457. The van der Waals surface area contributed by atoms with Gasteiger partial charge in [0.05, 0.1) is 71.3 Å². The van der Waals surface area contributed by atoms with Crippen LogP contribution >= 0.6 is 8.53 Å². The van der Waals surface area contributed by atoms with E-state index in [1.54, 1.807) is 26.0 Å². The molecule has 4 aromatic carbocycles. The molecular weight excluding hydrogens is 1260 g/mol. The number of amides is 3. The van der Waals surface area contributed by atoms with Gasteiger partial charge in [-0.3, -0.25) is 14.6 Å². The van der Waals surface area contributed by atoms with Crippen molar-refractivity contribution in [3.05, 3.63) is 125 Å². The van der Waals surface area contributed by atoms with Crippen LogP contribution in [0, 0.1) is 34.5 Å². The molecule has 4 fully saturated rings. The smallest absolute Gasteiger partial charge is 0.435 e. The van der Waals surface area contributed by atoms with Crippen LogP contribution in [0.1, 0.15) is 139 Å². The predicted molar refractivity (Wildman–Crippen MR) is 332 cm³/mol. The van der Waals surface area contributed by atoms with Gasteiger partial charge in [-0.2, -0.15) is 44.8 Å². The summed E-state index contributed by atoms with van der Waals surface area (Å²) in [7, 11) is 1.43. The first kappa shape index (κ1) is 72.5. The number of carbonyl (C=O) groups excluding carboxylic acids is 2. The van der Waals surface area contributed by atoms with Crippen LogP contribution in [0.5, 0.6) is 17.2 Å². The summed E-state index contributed by atoms with van der Waals surface area (Å²) in [6.07, 6.45) is -17.7. The highest BCUT2D eigenvalue weighted by molar-refractivity contribution is 7.44. The molecule has 94 heavy (non-hydrogen) atoms. The van der Waals surface area contributed by atoms with Gasteiger partial charge in [-0.15, -0.1) is 0 Å². The summed E-state index contributed by atoms with van der Waals surface area (Å²) in [4.78, 5) is 31.7. The molecule has 4 aromatic rings. The second kappa shape index (κ2) is 30.3.